The number of hydrogen-bond donors (Lipinski definition) is 0. The van der Waals surface area contributed by atoms with Gasteiger partial charge in [-0.1, -0.05) is 18.2 Å². The monoisotopic (exact) mass is 437 g/mol. The second kappa shape index (κ2) is 7.02. The Hall–Kier alpha value is -3.00. The second-order valence-electron chi connectivity index (χ2n) is 8.95. The Labute approximate surface area is 180 Å². The highest BCUT2D eigenvalue weighted by molar-refractivity contribution is 8.32. The van der Waals surface area contributed by atoms with Crippen molar-refractivity contribution in [2.75, 3.05) is 24.5 Å². The number of cyclic esters (lactones) is 1. The molecule has 0 radical (unpaired) electrons. The normalized spacial score (nSPS) is 17.6. The van der Waals surface area contributed by atoms with Gasteiger partial charge in [-0.25, -0.2) is 19.8 Å². The van der Waals surface area contributed by atoms with E-state index in [9.17, 15) is 14.5 Å². The zero-order valence-corrected chi connectivity index (χ0v) is 18.5. The highest BCUT2D eigenvalue weighted by atomic mass is 32.3. The maximum atomic E-state index is 13.3. The van der Waals surface area contributed by atoms with Crippen LogP contribution in [0, 0.1) is 4.91 Å². The van der Waals surface area contributed by atoms with Gasteiger partial charge in [-0.05, 0) is 53.8 Å². The number of aryl methyl sites for hydroxylation is 1. The third-order valence-electron chi connectivity index (χ3n) is 6.05. The number of carbonyl (C=O) groups is 1. The molecule has 0 saturated carbocycles. The van der Waals surface area contributed by atoms with Crippen molar-refractivity contribution >= 4 is 26.9 Å². The van der Waals surface area contributed by atoms with Crippen molar-refractivity contribution in [3.8, 4) is 11.4 Å². The number of esters is 1. The number of nitroso groups, excluding NO2 is 1. The topological polar surface area (TPSA) is 90.6 Å². The third kappa shape index (κ3) is 3.17. The lowest BCUT2D eigenvalue weighted by molar-refractivity contribution is -0.148. The zero-order valence-electron chi connectivity index (χ0n) is 17.7. The van der Waals surface area contributed by atoms with Gasteiger partial charge in [0, 0.05) is 16.5 Å². The van der Waals surface area contributed by atoms with Gasteiger partial charge in [0.25, 0.3) is 5.56 Å². The van der Waals surface area contributed by atoms with Gasteiger partial charge in [0.1, 0.15) is 6.61 Å². The van der Waals surface area contributed by atoms with Crippen LogP contribution in [0.4, 0.5) is 0 Å². The molecule has 0 spiro atoms. The summed E-state index contributed by atoms with van der Waals surface area (Å²) in [6.07, 6.45) is 7.81. The number of para-hydroxylation sites is 1. The van der Waals surface area contributed by atoms with Gasteiger partial charge in [0.2, 0.25) is 6.04 Å². The number of nitrogens with zero attached hydrogens (tertiary/aromatic N) is 3. The van der Waals surface area contributed by atoms with Gasteiger partial charge in [-0.2, -0.15) is 0 Å². The molecule has 1 unspecified atom stereocenters. The fourth-order valence-corrected chi connectivity index (χ4v) is 5.27. The van der Waals surface area contributed by atoms with Crippen molar-refractivity contribution in [3.05, 3.63) is 67.8 Å². The smallest absolute Gasteiger partial charge is 0.339 e. The third-order valence-corrected chi connectivity index (χ3v) is 7.48. The van der Waals surface area contributed by atoms with Gasteiger partial charge in [-0.15, -0.1) is 4.91 Å². The van der Waals surface area contributed by atoms with Gasteiger partial charge in [0.05, 0.1) is 29.0 Å². The van der Waals surface area contributed by atoms with E-state index in [0.29, 0.717) is 23.4 Å². The van der Waals surface area contributed by atoms with Crippen LogP contribution in [-0.2, 0) is 29.1 Å². The molecule has 2 aliphatic heterocycles. The molecule has 1 aromatic carbocycles. The molecule has 0 bridgehead atoms. The molecule has 0 saturated heterocycles. The molecule has 2 aromatic heterocycles. The van der Waals surface area contributed by atoms with Gasteiger partial charge >= 0.3 is 5.97 Å². The first kappa shape index (κ1) is 19.9. The number of fused-ring (bicyclic) bond motifs is 5. The Kier molecular flexibility index (Phi) is 4.51. The molecule has 0 aliphatic carbocycles. The molecule has 4 heterocycles. The number of pyridine rings is 2. The lowest BCUT2D eigenvalue weighted by Gasteiger charge is -2.26. The Bertz CT molecular complexity index is 1320. The SMILES string of the molecule is CS(C)(C)CCc1c2c(nc3ccccc13)-c1cc3c(c(=O)n1C2)COC(=O)C3N=O. The fraction of sp³-hybridized carbons (Fsp3) is 0.348. The maximum Gasteiger partial charge on any atom is 0.339 e. The van der Waals surface area contributed by atoms with Gasteiger partial charge in [0.15, 0.2) is 0 Å². The standard InChI is InChI=1S/C23H23N3O4S/c1-31(2,3)9-8-13-14-6-4-5-7-18(14)24-20-16(13)11-26-19(20)10-15-17(22(26)27)12-30-23(28)21(15)25-29/h4-7,10,21H,8-9,11-12H2,1-3H3. The minimum Gasteiger partial charge on any atom is -0.459 e. The average Bonchev–Trinajstić information content (AvgIpc) is 3.09. The predicted octanol–water partition coefficient (Wildman–Crippen LogP) is 3.53. The van der Waals surface area contributed by atoms with Crippen molar-refractivity contribution in [2.24, 2.45) is 5.18 Å². The first-order valence-electron chi connectivity index (χ1n) is 10.1. The summed E-state index contributed by atoms with van der Waals surface area (Å²) in [5, 5.41) is 4.04. The van der Waals surface area contributed by atoms with E-state index < -0.39 is 22.0 Å². The summed E-state index contributed by atoms with van der Waals surface area (Å²) in [5.74, 6) is 0.361. The van der Waals surface area contributed by atoms with Crippen molar-refractivity contribution in [1.29, 1.82) is 0 Å². The molecule has 7 nitrogen and oxygen atoms in total. The second-order valence-corrected chi connectivity index (χ2v) is 13.5. The molecule has 1 atom stereocenters. The summed E-state index contributed by atoms with van der Waals surface area (Å²) in [6.45, 7) is 0.293. The van der Waals surface area contributed by atoms with Crippen LogP contribution in [0.3, 0.4) is 0 Å². The molecule has 31 heavy (non-hydrogen) atoms. The minimum atomic E-state index is -1.31. The van der Waals surface area contributed by atoms with Crippen molar-refractivity contribution in [2.45, 2.75) is 25.6 Å². The van der Waals surface area contributed by atoms with E-state index in [4.69, 9.17) is 9.72 Å². The van der Waals surface area contributed by atoms with E-state index in [1.807, 2.05) is 18.2 Å². The quantitative estimate of drug-likeness (QED) is 0.360. The minimum absolute atomic E-state index is 0.134. The van der Waals surface area contributed by atoms with Crippen LogP contribution in [0.15, 0.2) is 40.3 Å². The summed E-state index contributed by atoms with van der Waals surface area (Å²) >= 11 is 0. The molecule has 0 fully saturated rings. The molecular formula is C23H23N3O4S. The number of hydrogen-bond acceptors (Lipinski definition) is 6. The summed E-state index contributed by atoms with van der Waals surface area (Å²) in [5.41, 5.74) is 4.95. The molecule has 2 aliphatic rings. The van der Waals surface area contributed by atoms with E-state index in [1.165, 1.54) is 5.56 Å². The van der Waals surface area contributed by atoms with Crippen LogP contribution in [-0.4, -0.2) is 40.0 Å². The summed E-state index contributed by atoms with van der Waals surface area (Å²) in [6, 6.07) is 8.46. The zero-order chi connectivity index (χ0) is 21.9. The number of rotatable bonds is 4. The van der Waals surface area contributed by atoms with E-state index in [1.54, 1.807) is 10.6 Å². The van der Waals surface area contributed by atoms with Crippen LogP contribution in [0.5, 0.6) is 0 Å². The molecule has 0 amide bonds. The molecule has 0 N–H and O–H groups in total. The lowest BCUT2D eigenvalue weighted by Crippen LogP contribution is -2.32. The summed E-state index contributed by atoms with van der Waals surface area (Å²) in [4.78, 5) is 41.5. The fourth-order valence-electron chi connectivity index (χ4n) is 4.45. The van der Waals surface area contributed by atoms with Crippen LogP contribution < -0.4 is 5.56 Å². The van der Waals surface area contributed by atoms with Gasteiger partial charge in [-0.3, -0.25) is 4.79 Å². The van der Waals surface area contributed by atoms with Crippen molar-refractivity contribution in [1.82, 2.24) is 9.55 Å². The van der Waals surface area contributed by atoms with Crippen LogP contribution in [0.25, 0.3) is 22.3 Å². The lowest BCUT2D eigenvalue weighted by atomic mass is 9.97. The van der Waals surface area contributed by atoms with E-state index in [2.05, 4.69) is 30.0 Å². The number of aromatic nitrogens is 2. The first-order valence-corrected chi connectivity index (χ1v) is 13.1. The van der Waals surface area contributed by atoms with Crippen LogP contribution >= 0.6 is 10.0 Å². The van der Waals surface area contributed by atoms with Crippen LogP contribution in [0.1, 0.15) is 28.3 Å². The Morgan fingerprint density at radius 2 is 1.97 bits per heavy atom. The maximum absolute atomic E-state index is 13.3. The van der Waals surface area contributed by atoms with E-state index in [-0.39, 0.29) is 12.2 Å². The molecule has 3 aromatic rings. The highest BCUT2D eigenvalue weighted by Gasteiger charge is 2.36. The van der Waals surface area contributed by atoms with Gasteiger partial charge < -0.3 is 9.30 Å². The largest absolute Gasteiger partial charge is 0.459 e. The number of carbonyl (C=O) groups excluding carboxylic acids is 1. The molecular weight excluding hydrogens is 414 g/mol. The van der Waals surface area contributed by atoms with Crippen LogP contribution in [0.2, 0.25) is 0 Å². The first-order chi connectivity index (χ1) is 14.8. The Balaban J connectivity index is 1.75. The van der Waals surface area contributed by atoms with E-state index >= 15 is 0 Å². The number of benzene rings is 1. The van der Waals surface area contributed by atoms with E-state index in [0.717, 1.165) is 34.3 Å². The number of ether oxygens (including phenoxy) is 1. The van der Waals surface area contributed by atoms with Crippen molar-refractivity contribution in [3.63, 3.8) is 0 Å². The summed E-state index contributed by atoms with van der Waals surface area (Å²) in [7, 11) is -0.704. The molecule has 5 rings (SSSR count). The predicted molar refractivity (Wildman–Crippen MR) is 123 cm³/mol. The Morgan fingerprint density at radius 3 is 2.71 bits per heavy atom. The highest BCUT2D eigenvalue weighted by Crippen LogP contribution is 2.41. The summed E-state index contributed by atoms with van der Waals surface area (Å²) < 4.78 is 6.71. The Morgan fingerprint density at radius 1 is 1.19 bits per heavy atom. The molecule has 160 valence electrons. The average molecular weight is 438 g/mol. The van der Waals surface area contributed by atoms with Crippen molar-refractivity contribution < 1.29 is 9.53 Å². The molecule has 8 heteroatoms.